The summed E-state index contributed by atoms with van der Waals surface area (Å²) in [5.74, 6) is 0.0697. The van der Waals surface area contributed by atoms with Crippen molar-refractivity contribution in [3.63, 3.8) is 0 Å². The lowest BCUT2D eigenvalue weighted by Gasteiger charge is -2.24. The number of aliphatic hydroxyl groups is 1. The third-order valence-electron chi connectivity index (χ3n) is 3.77. The van der Waals surface area contributed by atoms with E-state index in [1.807, 2.05) is 0 Å². The number of hydrogen-bond donors (Lipinski definition) is 2. The van der Waals surface area contributed by atoms with E-state index in [1.165, 1.54) is 17.0 Å². The van der Waals surface area contributed by atoms with Crippen molar-refractivity contribution in [3.8, 4) is 5.75 Å². The van der Waals surface area contributed by atoms with Crippen LogP contribution in [0.2, 0.25) is 0 Å². The monoisotopic (exact) mass is 332 g/mol. The Morgan fingerprint density at radius 3 is 2.87 bits per heavy atom. The number of nitrogens with one attached hydrogen (secondary N) is 1. The number of carbonyl (C=O) groups excluding carboxylic acids is 1. The highest BCUT2D eigenvalue weighted by Gasteiger charge is 2.30. The van der Waals surface area contributed by atoms with Gasteiger partial charge in [-0.2, -0.15) is 13.2 Å². The molecule has 1 saturated heterocycles. The number of halogens is 3. The molecule has 0 saturated carbocycles. The van der Waals surface area contributed by atoms with Gasteiger partial charge in [0.15, 0.2) is 6.61 Å². The fourth-order valence-electron chi connectivity index (χ4n) is 2.55. The summed E-state index contributed by atoms with van der Waals surface area (Å²) >= 11 is 0. The third kappa shape index (κ3) is 4.51. The number of amides is 2. The molecule has 0 aliphatic carbocycles. The van der Waals surface area contributed by atoms with Crippen LogP contribution in [0.5, 0.6) is 5.75 Å². The van der Waals surface area contributed by atoms with Gasteiger partial charge in [0.2, 0.25) is 0 Å². The fourth-order valence-corrected chi connectivity index (χ4v) is 2.55. The lowest BCUT2D eigenvalue weighted by Crippen LogP contribution is -2.40. The lowest BCUT2D eigenvalue weighted by molar-refractivity contribution is -0.153. The van der Waals surface area contributed by atoms with Crippen molar-refractivity contribution in [3.05, 3.63) is 23.8 Å². The summed E-state index contributed by atoms with van der Waals surface area (Å²) in [4.78, 5) is 13.8. The van der Waals surface area contributed by atoms with Crippen LogP contribution in [-0.2, 0) is 0 Å². The molecular weight excluding hydrogens is 313 g/mol. The van der Waals surface area contributed by atoms with Crippen LogP contribution in [0.3, 0.4) is 0 Å². The molecule has 2 amide bonds. The molecule has 1 aliphatic rings. The molecular formula is C15H19F3N2O3. The van der Waals surface area contributed by atoms with E-state index in [9.17, 15) is 23.1 Å². The Balaban J connectivity index is 2.07. The standard InChI is InChI=1S/C15H19F3N2O3/c1-10-12(5-2-6-13(10)23-9-15(16,17)18)19-14(22)20-7-3-4-11(20)8-21/h2,5-6,11,21H,3-4,7-9H2,1H3,(H,19,22)/t11-/m0/s1. The van der Waals surface area contributed by atoms with Crippen LogP contribution in [0.25, 0.3) is 0 Å². The SMILES string of the molecule is Cc1c(NC(=O)N2CCC[C@H]2CO)cccc1OCC(F)(F)F. The average Bonchev–Trinajstić information content (AvgIpc) is 2.95. The minimum Gasteiger partial charge on any atom is -0.484 e. The van der Waals surface area contributed by atoms with Gasteiger partial charge in [-0.25, -0.2) is 4.79 Å². The van der Waals surface area contributed by atoms with E-state index in [0.717, 1.165) is 12.8 Å². The molecule has 2 N–H and O–H groups in total. The molecule has 1 fully saturated rings. The maximum absolute atomic E-state index is 12.2. The second-order valence-corrected chi connectivity index (χ2v) is 5.43. The van der Waals surface area contributed by atoms with E-state index in [2.05, 4.69) is 5.32 Å². The zero-order chi connectivity index (χ0) is 17.0. The van der Waals surface area contributed by atoms with E-state index in [0.29, 0.717) is 17.8 Å². The van der Waals surface area contributed by atoms with Gasteiger partial charge in [0.05, 0.1) is 12.6 Å². The second-order valence-electron chi connectivity index (χ2n) is 5.43. The van der Waals surface area contributed by atoms with Gasteiger partial charge in [-0.15, -0.1) is 0 Å². The Bertz CT molecular complexity index is 563. The Morgan fingerprint density at radius 1 is 1.48 bits per heavy atom. The van der Waals surface area contributed by atoms with Crippen molar-refractivity contribution < 1.29 is 27.8 Å². The first-order valence-corrected chi connectivity index (χ1v) is 7.29. The molecule has 1 aromatic rings. The molecule has 0 spiro atoms. The summed E-state index contributed by atoms with van der Waals surface area (Å²) < 4.78 is 41.5. The summed E-state index contributed by atoms with van der Waals surface area (Å²) in [6.07, 6.45) is -2.88. The quantitative estimate of drug-likeness (QED) is 0.891. The second kappa shape index (κ2) is 7.08. The van der Waals surface area contributed by atoms with Crippen molar-refractivity contribution in [1.82, 2.24) is 4.90 Å². The van der Waals surface area contributed by atoms with Gasteiger partial charge in [-0.1, -0.05) is 6.07 Å². The van der Waals surface area contributed by atoms with Crippen LogP contribution in [0.15, 0.2) is 18.2 Å². The molecule has 0 radical (unpaired) electrons. The molecule has 2 rings (SSSR count). The van der Waals surface area contributed by atoms with Gasteiger partial charge in [-0.05, 0) is 31.9 Å². The minimum absolute atomic E-state index is 0.0697. The van der Waals surface area contributed by atoms with Crippen molar-refractivity contribution >= 4 is 11.7 Å². The first-order valence-electron chi connectivity index (χ1n) is 7.29. The summed E-state index contributed by atoms with van der Waals surface area (Å²) in [6, 6.07) is 3.93. The number of ether oxygens (including phenoxy) is 1. The van der Waals surface area contributed by atoms with E-state index >= 15 is 0 Å². The number of hydrogen-bond acceptors (Lipinski definition) is 3. The Labute approximate surface area is 132 Å². The molecule has 0 unspecified atom stereocenters. The van der Waals surface area contributed by atoms with Crippen molar-refractivity contribution in [2.45, 2.75) is 32.0 Å². The molecule has 1 aromatic carbocycles. The number of aliphatic hydroxyl groups excluding tert-OH is 1. The number of likely N-dealkylation sites (tertiary alicyclic amines) is 1. The first kappa shape index (κ1) is 17.4. The van der Waals surface area contributed by atoms with Crippen molar-refractivity contribution in [1.29, 1.82) is 0 Å². The largest absolute Gasteiger partial charge is 0.484 e. The number of urea groups is 1. The highest BCUT2D eigenvalue weighted by molar-refractivity contribution is 5.91. The van der Waals surface area contributed by atoms with Gasteiger partial charge >= 0.3 is 12.2 Å². The van der Waals surface area contributed by atoms with Crippen LogP contribution < -0.4 is 10.1 Å². The third-order valence-corrected chi connectivity index (χ3v) is 3.77. The summed E-state index contributed by atoms with van der Waals surface area (Å²) in [6.45, 7) is 0.625. The normalized spacial score (nSPS) is 18.1. The number of rotatable bonds is 4. The molecule has 1 heterocycles. The van der Waals surface area contributed by atoms with Gasteiger partial charge in [0.25, 0.3) is 0 Å². The van der Waals surface area contributed by atoms with Crippen LogP contribution in [-0.4, -0.2) is 48.0 Å². The van der Waals surface area contributed by atoms with Gasteiger partial charge in [0, 0.05) is 17.8 Å². The molecule has 0 bridgehead atoms. The predicted octanol–water partition coefficient (Wildman–Crippen LogP) is 2.92. The average molecular weight is 332 g/mol. The zero-order valence-corrected chi connectivity index (χ0v) is 12.7. The highest BCUT2D eigenvalue weighted by Crippen LogP contribution is 2.28. The van der Waals surface area contributed by atoms with Crippen molar-refractivity contribution in [2.24, 2.45) is 0 Å². The predicted molar refractivity (Wildman–Crippen MR) is 78.6 cm³/mol. The first-order chi connectivity index (χ1) is 10.8. The maximum atomic E-state index is 12.2. The zero-order valence-electron chi connectivity index (χ0n) is 12.7. The Hall–Kier alpha value is -1.96. The Morgan fingerprint density at radius 2 is 2.22 bits per heavy atom. The van der Waals surface area contributed by atoms with Crippen LogP contribution in [0, 0.1) is 6.92 Å². The number of alkyl halides is 3. The highest BCUT2D eigenvalue weighted by atomic mass is 19.4. The molecule has 5 nitrogen and oxygen atoms in total. The summed E-state index contributed by atoms with van der Waals surface area (Å²) in [5, 5.41) is 11.9. The van der Waals surface area contributed by atoms with Gasteiger partial charge < -0.3 is 20.1 Å². The number of benzene rings is 1. The van der Waals surface area contributed by atoms with Crippen molar-refractivity contribution in [2.75, 3.05) is 25.1 Å². The summed E-state index contributed by atoms with van der Waals surface area (Å²) in [5.41, 5.74) is 0.808. The molecule has 23 heavy (non-hydrogen) atoms. The number of nitrogens with zero attached hydrogens (tertiary/aromatic N) is 1. The van der Waals surface area contributed by atoms with E-state index < -0.39 is 12.8 Å². The van der Waals surface area contributed by atoms with Gasteiger partial charge in [0.1, 0.15) is 5.75 Å². The molecule has 1 atom stereocenters. The van der Waals surface area contributed by atoms with E-state index in [-0.39, 0.29) is 24.4 Å². The molecule has 8 heteroatoms. The molecule has 0 aromatic heterocycles. The van der Waals surface area contributed by atoms with E-state index in [1.54, 1.807) is 13.0 Å². The lowest BCUT2D eigenvalue weighted by atomic mass is 10.2. The topological polar surface area (TPSA) is 61.8 Å². The minimum atomic E-state index is -4.42. The molecule has 128 valence electrons. The molecule has 1 aliphatic heterocycles. The van der Waals surface area contributed by atoms with Crippen LogP contribution in [0.4, 0.5) is 23.7 Å². The van der Waals surface area contributed by atoms with Crippen LogP contribution >= 0.6 is 0 Å². The van der Waals surface area contributed by atoms with Crippen LogP contribution in [0.1, 0.15) is 18.4 Å². The summed E-state index contributed by atoms with van der Waals surface area (Å²) in [7, 11) is 0. The smallest absolute Gasteiger partial charge is 0.422 e. The number of anilines is 1. The van der Waals surface area contributed by atoms with E-state index in [4.69, 9.17) is 4.74 Å². The maximum Gasteiger partial charge on any atom is 0.422 e. The number of carbonyl (C=O) groups is 1. The fraction of sp³-hybridized carbons (Fsp3) is 0.533. The van der Waals surface area contributed by atoms with Gasteiger partial charge in [-0.3, -0.25) is 0 Å². The Kier molecular flexibility index (Phi) is 5.35.